The van der Waals surface area contributed by atoms with Crippen LogP contribution in [0.4, 0.5) is 0 Å². The van der Waals surface area contributed by atoms with Crippen molar-refractivity contribution < 1.29 is 18.1 Å². The quantitative estimate of drug-likeness (QED) is 0.646. The first-order valence-electron chi connectivity index (χ1n) is 6.55. The van der Waals surface area contributed by atoms with E-state index in [1.807, 2.05) is 0 Å². The van der Waals surface area contributed by atoms with Gasteiger partial charge in [-0.25, -0.2) is 0 Å². The van der Waals surface area contributed by atoms with E-state index in [9.17, 15) is 0 Å². The summed E-state index contributed by atoms with van der Waals surface area (Å²) in [5, 5.41) is 0. The van der Waals surface area contributed by atoms with Crippen molar-refractivity contribution >= 4 is 0 Å². The molecule has 2 heteroatoms. The van der Waals surface area contributed by atoms with Crippen molar-refractivity contribution in [3.05, 3.63) is 0 Å². The van der Waals surface area contributed by atoms with Crippen LogP contribution in [0.3, 0.4) is 0 Å². The average molecular weight is 232 g/mol. The predicted molar refractivity (Wildman–Crippen MR) is 59.8 cm³/mol. The molecular weight excluding hydrogens is 206 g/mol. The van der Waals surface area contributed by atoms with E-state index >= 15 is 0 Å². The zero-order valence-electron chi connectivity index (χ0n) is 10.1. The van der Waals surface area contributed by atoms with Gasteiger partial charge in [0.15, 0.2) is 0 Å². The average Bonchev–Trinajstić information content (AvgIpc) is 2.19. The zero-order chi connectivity index (χ0) is 10.0. The van der Waals surface area contributed by atoms with Gasteiger partial charge >= 0.3 is 0 Å². The van der Waals surface area contributed by atoms with E-state index in [0.717, 1.165) is 11.3 Å². The van der Waals surface area contributed by atoms with Gasteiger partial charge in [0.1, 0.15) is 0 Å². The third-order valence-corrected chi connectivity index (χ3v) is 4.81. The van der Waals surface area contributed by atoms with Crippen molar-refractivity contribution in [2.75, 3.05) is 0 Å². The molecule has 0 aromatic rings. The van der Waals surface area contributed by atoms with Gasteiger partial charge in [0.25, 0.3) is 0 Å². The second kappa shape index (κ2) is 5.54. The van der Waals surface area contributed by atoms with Crippen LogP contribution in [0, 0.1) is 11.3 Å². The van der Waals surface area contributed by atoms with Crippen LogP contribution in [-0.4, -0.2) is 6.04 Å². The first-order valence-corrected chi connectivity index (χ1v) is 6.55. The predicted octanol–water partition coefficient (Wildman–Crippen LogP) is -0.238. The third-order valence-electron chi connectivity index (χ3n) is 4.81. The SMILES string of the molecule is CC([NH3+])C1CCC2(CCCCC2)CC1.[Cl-]. The highest BCUT2D eigenvalue weighted by Gasteiger charge is 2.37. The molecule has 1 atom stereocenters. The number of halogens is 1. The topological polar surface area (TPSA) is 27.6 Å². The molecule has 1 spiro atoms. The lowest BCUT2D eigenvalue weighted by Crippen LogP contribution is -3.00. The van der Waals surface area contributed by atoms with Gasteiger partial charge in [-0.15, -0.1) is 0 Å². The second-order valence-electron chi connectivity index (χ2n) is 5.88. The molecule has 0 radical (unpaired) electrons. The van der Waals surface area contributed by atoms with E-state index < -0.39 is 0 Å². The van der Waals surface area contributed by atoms with Crippen LogP contribution < -0.4 is 18.1 Å². The smallest absolute Gasteiger partial charge is 0.0843 e. The van der Waals surface area contributed by atoms with Gasteiger partial charge in [0.2, 0.25) is 0 Å². The van der Waals surface area contributed by atoms with Gasteiger partial charge in [-0.3, -0.25) is 0 Å². The number of hydrogen-bond acceptors (Lipinski definition) is 0. The minimum absolute atomic E-state index is 0. The molecule has 2 aliphatic carbocycles. The maximum Gasteiger partial charge on any atom is 0.0843 e. The van der Waals surface area contributed by atoms with Gasteiger partial charge in [0.05, 0.1) is 6.04 Å². The fourth-order valence-corrected chi connectivity index (χ4v) is 3.62. The first-order chi connectivity index (χ1) is 6.72. The summed E-state index contributed by atoms with van der Waals surface area (Å²) >= 11 is 0. The van der Waals surface area contributed by atoms with Crippen LogP contribution >= 0.6 is 0 Å². The molecule has 2 fully saturated rings. The molecule has 90 valence electrons. The minimum Gasteiger partial charge on any atom is -1.00 e. The highest BCUT2D eigenvalue weighted by atomic mass is 35.5. The van der Waals surface area contributed by atoms with Crippen LogP contribution in [-0.2, 0) is 0 Å². The molecule has 0 saturated heterocycles. The van der Waals surface area contributed by atoms with Crippen LogP contribution in [0.25, 0.3) is 0 Å². The molecule has 0 aromatic heterocycles. The molecule has 0 heterocycles. The lowest BCUT2D eigenvalue weighted by Gasteiger charge is -2.43. The van der Waals surface area contributed by atoms with Crippen molar-refractivity contribution in [2.24, 2.45) is 11.3 Å². The molecule has 2 rings (SSSR count). The minimum atomic E-state index is 0. The van der Waals surface area contributed by atoms with Crippen LogP contribution in [0.1, 0.15) is 64.7 Å². The van der Waals surface area contributed by atoms with Crippen molar-refractivity contribution in [2.45, 2.75) is 70.8 Å². The van der Waals surface area contributed by atoms with Crippen LogP contribution in [0.15, 0.2) is 0 Å². The monoisotopic (exact) mass is 231 g/mol. The van der Waals surface area contributed by atoms with E-state index in [1.165, 1.54) is 57.8 Å². The normalized spacial score (nSPS) is 28.4. The molecule has 0 bridgehead atoms. The fraction of sp³-hybridized carbons (Fsp3) is 1.00. The fourth-order valence-electron chi connectivity index (χ4n) is 3.62. The lowest BCUT2D eigenvalue weighted by molar-refractivity contribution is -0.429. The summed E-state index contributed by atoms with van der Waals surface area (Å²) in [6.45, 7) is 2.30. The molecule has 0 aliphatic heterocycles. The molecule has 0 aromatic carbocycles. The summed E-state index contributed by atoms with van der Waals surface area (Å²) in [5.41, 5.74) is 4.99. The van der Waals surface area contributed by atoms with Crippen molar-refractivity contribution in [3.63, 3.8) is 0 Å². The van der Waals surface area contributed by atoms with Gasteiger partial charge in [-0.2, -0.15) is 0 Å². The molecule has 1 nitrogen and oxygen atoms in total. The Morgan fingerprint density at radius 3 is 2.00 bits per heavy atom. The Hall–Kier alpha value is 0.250. The molecule has 3 N–H and O–H groups in total. The van der Waals surface area contributed by atoms with Gasteiger partial charge in [-0.1, -0.05) is 19.3 Å². The summed E-state index contributed by atoms with van der Waals surface area (Å²) in [5.74, 6) is 0.933. The van der Waals surface area contributed by atoms with Crippen LogP contribution in [0.5, 0.6) is 0 Å². The van der Waals surface area contributed by atoms with Crippen LogP contribution in [0.2, 0.25) is 0 Å². The van der Waals surface area contributed by atoms with Gasteiger partial charge in [-0.05, 0) is 50.9 Å². The molecule has 1 unspecified atom stereocenters. The standard InChI is InChI=1S/C13H25N.ClH/c1-11(14)12-5-9-13(10-6-12)7-3-2-4-8-13;/h11-12H,2-10,14H2,1H3;1H. The Balaban J connectivity index is 0.00000112. The largest absolute Gasteiger partial charge is 1.00 e. The number of hydrogen-bond donors (Lipinski definition) is 1. The Labute approximate surface area is 101 Å². The van der Waals surface area contributed by atoms with E-state index in [2.05, 4.69) is 12.7 Å². The summed E-state index contributed by atoms with van der Waals surface area (Å²) in [7, 11) is 0. The van der Waals surface area contributed by atoms with E-state index in [4.69, 9.17) is 0 Å². The molecular formula is C13H26ClN. The molecule has 0 amide bonds. The Kier molecular flexibility index (Phi) is 4.92. The summed E-state index contributed by atoms with van der Waals surface area (Å²) < 4.78 is 0. The van der Waals surface area contributed by atoms with E-state index in [1.54, 1.807) is 0 Å². The summed E-state index contributed by atoms with van der Waals surface area (Å²) in [6, 6.07) is 0.677. The highest BCUT2D eigenvalue weighted by molar-refractivity contribution is 4.88. The maximum atomic E-state index is 4.20. The Morgan fingerprint density at radius 2 is 1.53 bits per heavy atom. The van der Waals surface area contributed by atoms with Crippen molar-refractivity contribution in [1.82, 2.24) is 0 Å². The summed E-state index contributed by atoms with van der Waals surface area (Å²) in [4.78, 5) is 0. The highest BCUT2D eigenvalue weighted by Crippen LogP contribution is 2.48. The molecule has 15 heavy (non-hydrogen) atoms. The van der Waals surface area contributed by atoms with E-state index in [-0.39, 0.29) is 12.4 Å². The number of rotatable bonds is 1. The maximum absolute atomic E-state index is 4.20. The summed E-state index contributed by atoms with van der Waals surface area (Å²) in [6.07, 6.45) is 13.5. The van der Waals surface area contributed by atoms with E-state index in [0.29, 0.717) is 6.04 Å². The van der Waals surface area contributed by atoms with Gasteiger partial charge in [0, 0.05) is 5.92 Å². The Morgan fingerprint density at radius 1 is 1.00 bits per heavy atom. The third kappa shape index (κ3) is 3.10. The number of quaternary nitrogens is 1. The second-order valence-corrected chi connectivity index (χ2v) is 5.88. The molecule has 2 aliphatic rings. The zero-order valence-corrected chi connectivity index (χ0v) is 10.9. The van der Waals surface area contributed by atoms with Crippen molar-refractivity contribution in [1.29, 1.82) is 0 Å². The molecule has 2 saturated carbocycles. The first kappa shape index (κ1) is 13.3. The lowest BCUT2D eigenvalue weighted by atomic mass is 9.62. The van der Waals surface area contributed by atoms with Gasteiger partial charge < -0.3 is 18.1 Å². The van der Waals surface area contributed by atoms with Crippen molar-refractivity contribution in [3.8, 4) is 0 Å². The Bertz CT molecular complexity index is 175.